The third kappa shape index (κ3) is 5.34. The minimum atomic E-state index is -0.237. The topological polar surface area (TPSA) is 83.6 Å². The second kappa shape index (κ2) is 10.6. The van der Waals surface area contributed by atoms with E-state index in [9.17, 15) is 9.59 Å². The van der Waals surface area contributed by atoms with E-state index in [1.807, 2.05) is 51.1 Å². The predicted octanol–water partition coefficient (Wildman–Crippen LogP) is 5.17. The van der Waals surface area contributed by atoms with Crippen LogP contribution in [0.5, 0.6) is 5.75 Å². The molecule has 0 fully saturated rings. The number of ether oxygens (including phenoxy) is 1. The average molecular weight is 477 g/mol. The van der Waals surface area contributed by atoms with Crippen LogP contribution in [0.4, 0.5) is 16.2 Å². The lowest BCUT2D eigenvalue weighted by molar-refractivity contribution is 0.0950. The lowest BCUT2D eigenvalue weighted by atomic mass is 10.1. The Morgan fingerprint density at radius 2 is 1.94 bits per heavy atom. The molecule has 4 rings (SSSR count). The maximum Gasteiger partial charge on any atom is 0.326 e. The van der Waals surface area contributed by atoms with E-state index in [2.05, 4.69) is 15.6 Å². The first kappa shape index (κ1) is 23.6. The first-order valence-electron chi connectivity index (χ1n) is 11.2. The number of benzene rings is 2. The van der Waals surface area contributed by atoms with Gasteiger partial charge in [0.05, 0.1) is 12.3 Å². The third-order valence-corrected chi connectivity index (χ3v) is 6.38. The number of hydrogen-bond donors (Lipinski definition) is 2. The maximum absolute atomic E-state index is 13.1. The molecule has 3 amide bonds. The van der Waals surface area contributed by atoms with Gasteiger partial charge in [0.25, 0.3) is 5.91 Å². The molecule has 176 valence electrons. The van der Waals surface area contributed by atoms with Crippen molar-refractivity contribution < 1.29 is 14.3 Å². The van der Waals surface area contributed by atoms with Gasteiger partial charge in [0.15, 0.2) is 0 Å². The number of urea groups is 1. The first-order valence-corrected chi connectivity index (χ1v) is 12.2. The van der Waals surface area contributed by atoms with Gasteiger partial charge < -0.3 is 15.4 Å². The van der Waals surface area contributed by atoms with Crippen LogP contribution in [0.15, 0.2) is 59.6 Å². The van der Waals surface area contributed by atoms with Gasteiger partial charge in [-0.25, -0.2) is 9.78 Å². The molecule has 7 nitrogen and oxygen atoms in total. The number of carbonyl (C=O) groups excluding carboxylic acids is 2. The standard InChI is InChI=1S/C26H28N4O3S/c1-4-33-22-11-6-5-8-20(22)16-27-24(31)19-9-7-10-21(15-19)29-26(32)30-12-13-34-25-23(30)17(2)14-18(3)28-25/h5-11,14-15H,4,12-13,16H2,1-3H3,(H,27,31)(H,29,32). The van der Waals surface area contributed by atoms with Crippen LogP contribution < -0.4 is 20.3 Å². The number of nitrogens with one attached hydrogen (secondary N) is 2. The van der Waals surface area contributed by atoms with Gasteiger partial charge in [-0.3, -0.25) is 9.69 Å². The molecule has 1 aliphatic heterocycles. The number of nitrogens with zero attached hydrogens (tertiary/aromatic N) is 2. The molecule has 0 bridgehead atoms. The van der Waals surface area contributed by atoms with Crippen molar-refractivity contribution in [2.75, 3.05) is 29.1 Å². The number of fused-ring (bicyclic) bond motifs is 1. The van der Waals surface area contributed by atoms with Gasteiger partial charge in [-0.05, 0) is 56.7 Å². The van der Waals surface area contributed by atoms with Crippen molar-refractivity contribution in [1.29, 1.82) is 0 Å². The van der Waals surface area contributed by atoms with Gasteiger partial charge in [-0.1, -0.05) is 24.3 Å². The monoisotopic (exact) mass is 476 g/mol. The van der Waals surface area contributed by atoms with Crippen molar-refractivity contribution in [2.45, 2.75) is 32.3 Å². The van der Waals surface area contributed by atoms with Crippen molar-refractivity contribution in [2.24, 2.45) is 0 Å². The van der Waals surface area contributed by atoms with E-state index in [4.69, 9.17) is 4.74 Å². The van der Waals surface area contributed by atoms with Gasteiger partial charge >= 0.3 is 6.03 Å². The SMILES string of the molecule is CCOc1ccccc1CNC(=O)c1cccc(NC(=O)N2CCSc3nc(C)cc(C)c32)c1. The molecule has 3 aromatic rings. The summed E-state index contributed by atoms with van der Waals surface area (Å²) in [5.74, 6) is 1.31. The molecule has 0 saturated heterocycles. The highest BCUT2D eigenvalue weighted by atomic mass is 32.2. The van der Waals surface area contributed by atoms with Crippen LogP contribution in [0.25, 0.3) is 0 Å². The second-order valence-corrected chi connectivity index (χ2v) is 9.05. The van der Waals surface area contributed by atoms with E-state index < -0.39 is 0 Å². The summed E-state index contributed by atoms with van der Waals surface area (Å²) in [7, 11) is 0. The van der Waals surface area contributed by atoms with E-state index >= 15 is 0 Å². The van der Waals surface area contributed by atoms with Gasteiger partial charge in [-0.2, -0.15) is 0 Å². The Bertz CT molecular complexity index is 1210. The molecule has 0 aliphatic carbocycles. The molecule has 0 radical (unpaired) electrons. The van der Waals surface area contributed by atoms with Crippen LogP contribution in [-0.2, 0) is 6.54 Å². The number of hydrogen-bond acceptors (Lipinski definition) is 5. The fourth-order valence-electron chi connectivity index (χ4n) is 3.93. The van der Waals surface area contributed by atoms with Crippen molar-refractivity contribution in [3.63, 3.8) is 0 Å². The molecule has 0 atom stereocenters. The zero-order valence-electron chi connectivity index (χ0n) is 19.6. The summed E-state index contributed by atoms with van der Waals surface area (Å²) < 4.78 is 5.63. The Morgan fingerprint density at radius 1 is 1.12 bits per heavy atom. The van der Waals surface area contributed by atoms with E-state index in [0.717, 1.165) is 39.0 Å². The first-order chi connectivity index (χ1) is 16.5. The number of pyridine rings is 1. The number of para-hydroxylation sites is 1. The van der Waals surface area contributed by atoms with Crippen LogP contribution in [0, 0.1) is 13.8 Å². The van der Waals surface area contributed by atoms with Crippen molar-refractivity contribution >= 4 is 35.1 Å². The van der Waals surface area contributed by atoms with Crippen LogP contribution in [-0.4, -0.2) is 35.8 Å². The molecule has 34 heavy (non-hydrogen) atoms. The Labute approximate surface area is 203 Å². The third-order valence-electron chi connectivity index (χ3n) is 5.44. The maximum atomic E-state index is 13.1. The summed E-state index contributed by atoms with van der Waals surface area (Å²) in [5.41, 5.74) is 4.74. The molecular formula is C26H28N4O3S. The summed E-state index contributed by atoms with van der Waals surface area (Å²) in [6.45, 7) is 7.37. The molecule has 1 aliphatic rings. The molecule has 2 aromatic carbocycles. The number of aryl methyl sites for hydroxylation is 2. The largest absolute Gasteiger partial charge is 0.494 e. The summed E-state index contributed by atoms with van der Waals surface area (Å²) in [6.07, 6.45) is 0. The number of aromatic nitrogens is 1. The fraction of sp³-hybridized carbons (Fsp3) is 0.269. The summed E-state index contributed by atoms with van der Waals surface area (Å²) >= 11 is 1.66. The fourth-order valence-corrected chi connectivity index (χ4v) is 5.01. The summed E-state index contributed by atoms with van der Waals surface area (Å²) in [4.78, 5) is 32.2. The van der Waals surface area contributed by atoms with E-state index in [1.165, 1.54) is 0 Å². The van der Waals surface area contributed by atoms with Gasteiger partial charge in [-0.15, -0.1) is 11.8 Å². The Kier molecular flexibility index (Phi) is 7.37. The Morgan fingerprint density at radius 3 is 2.76 bits per heavy atom. The lowest BCUT2D eigenvalue weighted by Gasteiger charge is -2.30. The number of thioether (sulfide) groups is 1. The van der Waals surface area contributed by atoms with Crippen LogP contribution in [0.1, 0.15) is 34.1 Å². The van der Waals surface area contributed by atoms with E-state index in [-0.39, 0.29) is 11.9 Å². The summed E-state index contributed by atoms with van der Waals surface area (Å²) in [6, 6.07) is 16.3. The van der Waals surface area contributed by atoms with Crippen LogP contribution in [0.3, 0.4) is 0 Å². The van der Waals surface area contributed by atoms with Crippen LogP contribution in [0.2, 0.25) is 0 Å². The molecule has 2 N–H and O–H groups in total. The lowest BCUT2D eigenvalue weighted by Crippen LogP contribution is -2.39. The van der Waals surface area contributed by atoms with E-state index in [0.29, 0.717) is 30.9 Å². The average Bonchev–Trinajstić information content (AvgIpc) is 2.83. The molecule has 1 aromatic heterocycles. The number of rotatable bonds is 6. The number of carbonyl (C=O) groups is 2. The van der Waals surface area contributed by atoms with Gasteiger partial charge in [0.2, 0.25) is 0 Å². The molecule has 0 spiro atoms. The van der Waals surface area contributed by atoms with Crippen LogP contribution >= 0.6 is 11.8 Å². The molecular weight excluding hydrogens is 448 g/mol. The Balaban J connectivity index is 1.45. The van der Waals surface area contributed by atoms with Crippen molar-refractivity contribution in [1.82, 2.24) is 10.3 Å². The van der Waals surface area contributed by atoms with Gasteiger partial charge in [0, 0.05) is 41.4 Å². The quantitative estimate of drug-likeness (QED) is 0.513. The molecule has 0 unspecified atom stereocenters. The van der Waals surface area contributed by atoms with Crippen molar-refractivity contribution in [3.8, 4) is 5.75 Å². The highest BCUT2D eigenvalue weighted by Crippen LogP contribution is 2.36. The number of amides is 3. The van der Waals surface area contributed by atoms with E-state index in [1.54, 1.807) is 40.9 Å². The van der Waals surface area contributed by atoms with Crippen molar-refractivity contribution in [3.05, 3.63) is 77.0 Å². The second-order valence-electron chi connectivity index (χ2n) is 7.97. The zero-order valence-corrected chi connectivity index (χ0v) is 20.4. The number of anilines is 2. The highest BCUT2D eigenvalue weighted by molar-refractivity contribution is 7.99. The minimum Gasteiger partial charge on any atom is -0.494 e. The zero-order chi connectivity index (χ0) is 24.1. The normalized spacial score (nSPS) is 12.6. The Hall–Kier alpha value is -3.52. The molecule has 0 saturated carbocycles. The van der Waals surface area contributed by atoms with Gasteiger partial charge in [0.1, 0.15) is 10.8 Å². The molecule has 2 heterocycles. The minimum absolute atomic E-state index is 0.224. The predicted molar refractivity (Wildman–Crippen MR) is 136 cm³/mol. The molecule has 8 heteroatoms. The highest BCUT2D eigenvalue weighted by Gasteiger charge is 2.26. The summed E-state index contributed by atoms with van der Waals surface area (Å²) in [5, 5.41) is 6.74. The smallest absolute Gasteiger partial charge is 0.326 e.